The molecule has 0 radical (unpaired) electrons. The summed E-state index contributed by atoms with van der Waals surface area (Å²) in [4.78, 5) is 8.55. The van der Waals surface area contributed by atoms with E-state index in [9.17, 15) is 8.42 Å². The number of aryl methyl sites for hydroxylation is 1. The van der Waals surface area contributed by atoms with Gasteiger partial charge in [0.2, 0.25) is 16.0 Å². The Hall–Kier alpha value is -1.41. The number of anilines is 2. The molecule has 0 saturated carbocycles. The molecule has 3 N–H and O–H groups in total. The summed E-state index contributed by atoms with van der Waals surface area (Å²) in [6.45, 7) is 7.20. The second kappa shape index (κ2) is 8.01. The zero-order valence-electron chi connectivity index (χ0n) is 12.2. The Bertz CT molecular complexity index is 519. The Balaban J connectivity index is 2.57. The van der Waals surface area contributed by atoms with Gasteiger partial charge in [-0.15, -0.1) is 0 Å². The van der Waals surface area contributed by atoms with Crippen LogP contribution < -0.4 is 15.4 Å². The molecule has 7 nitrogen and oxygen atoms in total. The molecule has 0 saturated heterocycles. The number of hydrogen-bond acceptors (Lipinski definition) is 6. The quantitative estimate of drug-likeness (QED) is 0.628. The first-order valence-corrected chi connectivity index (χ1v) is 8.43. The Labute approximate surface area is 120 Å². The normalized spacial score (nSPS) is 11.3. The topological polar surface area (TPSA) is 96.0 Å². The molecule has 0 atom stereocenters. The largest absolute Gasteiger partial charge is 0.369 e. The van der Waals surface area contributed by atoms with E-state index in [1.165, 1.54) is 0 Å². The Morgan fingerprint density at radius 1 is 1.15 bits per heavy atom. The van der Waals surface area contributed by atoms with Crippen molar-refractivity contribution in [3.63, 3.8) is 0 Å². The zero-order chi connectivity index (χ0) is 15.0. The van der Waals surface area contributed by atoms with Crippen molar-refractivity contribution in [2.24, 2.45) is 0 Å². The number of nitrogens with one attached hydrogen (secondary N) is 3. The van der Waals surface area contributed by atoms with Crippen molar-refractivity contribution in [3.8, 4) is 0 Å². The van der Waals surface area contributed by atoms with Crippen LogP contribution in [-0.4, -0.2) is 43.8 Å². The number of nitrogens with zero attached hydrogens (tertiary/aromatic N) is 2. The molecule has 0 unspecified atom stereocenters. The van der Waals surface area contributed by atoms with Gasteiger partial charge < -0.3 is 10.6 Å². The van der Waals surface area contributed by atoms with Gasteiger partial charge in [0.1, 0.15) is 5.82 Å². The van der Waals surface area contributed by atoms with Crippen LogP contribution in [0.3, 0.4) is 0 Å². The fourth-order valence-electron chi connectivity index (χ4n) is 1.58. The van der Waals surface area contributed by atoms with E-state index in [4.69, 9.17) is 0 Å². The first kappa shape index (κ1) is 16.6. The van der Waals surface area contributed by atoms with E-state index in [0.717, 1.165) is 18.7 Å². The second-order valence-electron chi connectivity index (χ2n) is 4.39. The highest BCUT2D eigenvalue weighted by Gasteiger charge is 2.08. The first-order chi connectivity index (χ1) is 9.46. The molecule has 20 heavy (non-hydrogen) atoms. The third-order valence-corrected chi connectivity index (χ3v) is 3.90. The third kappa shape index (κ3) is 6.16. The lowest BCUT2D eigenvalue weighted by molar-refractivity contribution is 0.584. The van der Waals surface area contributed by atoms with Crippen molar-refractivity contribution < 1.29 is 8.42 Å². The predicted molar refractivity (Wildman–Crippen MR) is 81.5 cm³/mol. The van der Waals surface area contributed by atoms with Gasteiger partial charge in [-0.05, 0) is 13.3 Å². The van der Waals surface area contributed by atoms with Gasteiger partial charge in [-0.3, -0.25) is 0 Å². The standard InChI is InChI=1S/C12H23N5O2S/c1-4-6-14-12-16-10(3)9-11(17-12)13-7-8-20(18,19)15-5-2/h9,15H,4-8H2,1-3H3,(H2,13,14,16,17). The van der Waals surface area contributed by atoms with Crippen molar-refractivity contribution in [2.75, 3.05) is 36.0 Å². The molecule has 0 aliphatic heterocycles. The van der Waals surface area contributed by atoms with Gasteiger partial charge in [-0.1, -0.05) is 13.8 Å². The highest BCUT2D eigenvalue weighted by molar-refractivity contribution is 7.89. The average Bonchev–Trinajstić information content (AvgIpc) is 2.35. The zero-order valence-corrected chi connectivity index (χ0v) is 13.0. The summed E-state index contributed by atoms with van der Waals surface area (Å²) in [5.74, 6) is 1.20. The summed E-state index contributed by atoms with van der Waals surface area (Å²) >= 11 is 0. The lowest BCUT2D eigenvalue weighted by atomic mass is 10.4. The molecular formula is C12H23N5O2S. The van der Waals surface area contributed by atoms with E-state index in [0.29, 0.717) is 24.9 Å². The fraction of sp³-hybridized carbons (Fsp3) is 0.667. The summed E-state index contributed by atoms with van der Waals surface area (Å²) in [6, 6.07) is 1.79. The van der Waals surface area contributed by atoms with Gasteiger partial charge in [0, 0.05) is 31.4 Å². The Kier molecular flexibility index (Phi) is 6.66. The number of aromatic nitrogens is 2. The van der Waals surface area contributed by atoms with Gasteiger partial charge in [-0.25, -0.2) is 18.1 Å². The average molecular weight is 301 g/mol. The van der Waals surface area contributed by atoms with Crippen LogP contribution in [0, 0.1) is 6.92 Å². The third-order valence-electron chi connectivity index (χ3n) is 2.43. The minimum Gasteiger partial charge on any atom is -0.369 e. The van der Waals surface area contributed by atoms with E-state index >= 15 is 0 Å². The lowest BCUT2D eigenvalue weighted by Crippen LogP contribution is -2.29. The molecule has 1 aromatic heterocycles. The van der Waals surface area contributed by atoms with Crippen molar-refractivity contribution in [1.29, 1.82) is 0 Å². The fourth-order valence-corrected chi connectivity index (χ4v) is 2.54. The summed E-state index contributed by atoms with van der Waals surface area (Å²) in [5.41, 5.74) is 0.829. The molecule has 114 valence electrons. The van der Waals surface area contributed by atoms with Gasteiger partial charge in [-0.2, -0.15) is 4.98 Å². The summed E-state index contributed by atoms with van der Waals surface area (Å²) in [5, 5.41) is 6.12. The van der Waals surface area contributed by atoms with Gasteiger partial charge in [0.15, 0.2) is 0 Å². The maximum absolute atomic E-state index is 11.5. The summed E-state index contributed by atoms with van der Waals surface area (Å²) < 4.78 is 25.4. The molecule has 0 aromatic carbocycles. The van der Waals surface area contributed by atoms with E-state index < -0.39 is 10.0 Å². The highest BCUT2D eigenvalue weighted by Crippen LogP contribution is 2.09. The molecule has 0 amide bonds. The maximum Gasteiger partial charge on any atom is 0.224 e. The Morgan fingerprint density at radius 3 is 2.55 bits per heavy atom. The highest BCUT2D eigenvalue weighted by atomic mass is 32.2. The number of sulfonamides is 1. The van der Waals surface area contributed by atoms with Gasteiger partial charge in [0.25, 0.3) is 0 Å². The molecule has 1 aromatic rings. The van der Waals surface area contributed by atoms with E-state index in [2.05, 4.69) is 32.2 Å². The molecule has 0 bridgehead atoms. The number of rotatable bonds is 9. The molecule has 0 aliphatic rings. The molecule has 0 aliphatic carbocycles. The van der Waals surface area contributed by atoms with Crippen molar-refractivity contribution in [2.45, 2.75) is 27.2 Å². The van der Waals surface area contributed by atoms with Crippen LogP contribution in [0.5, 0.6) is 0 Å². The van der Waals surface area contributed by atoms with E-state index in [-0.39, 0.29) is 5.75 Å². The molecule has 8 heteroatoms. The van der Waals surface area contributed by atoms with Crippen LogP contribution in [0.15, 0.2) is 6.07 Å². The molecule has 1 heterocycles. The molecular weight excluding hydrogens is 278 g/mol. The minimum atomic E-state index is -3.21. The second-order valence-corrected chi connectivity index (χ2v) is 6.31. The van der Waals surface area contributed by atoms with Crippen LogP contribution >= 0.6 is 0 Å². The number of hydrogen-bond donors (Lipinski definition) is 3. The predicted octanol–water partition coefficient (Wildman–Crippen LogP) is 0.958. The van der Waals surface area contributed by atoms with Crippen LogP contribution in [0.4, 0.5) is 11.8 Å². The van der Waals surface area contributed by atoms with E-state index in [1.807, 2.05) is 6.92 Å². The van der Waals surface area contributed by atoms with Crippen LogP contribution in [0.25, 0.3) is 0 Å². The van der Waals surface area contributed by atoms with Crippen LogP contribution in [0.1, 0.15) is 26.0 Å². The molecule has 1 rings (SSSR count). The van der Waals surface area contributed by atoms with Crippen LogP contribution in [0.2, 0.25) is 0 Å². The van der Waals surface area contributed by atoms with Gasteiger partial charge in [0.05, 0.1) is 5.75 Å². The maximum atomic E-state index is 11.5. The SMILES string of the molecule is CCCNc1nc(C)cc(NCCS(=O)(=O)NCC)n1. The summed E-state index contributed by atoms with van der Waals surface area (Å²) in [6.07, 6.45) is 0.987. The monoisotopic (exact) mass is 301 g/mol. The first-order valence-electron chi connectivity index (χ1n) is 6.77. The van der Waals surface area contributed by atoms with Crippen molar-refractivity contribution in [3.05, 3.63) is 11.8 Å². The lowest BCUT2D eigenvalue weighted by Gasteiger charge is -2.10. The van der Waals surface area contributed by atoms with E-state index in [1.54, 1.807) is 13.0 Å². The smallest absolute Gasteiger partial charge is 0.224 e. The Morgan fingerprint density at radius 2 is 1.90 bits per heavy atom. The molecule has 0 spiro atoms. The summed E-state index contributed by atoms with van der Waals surface area (Å²) in [7, 11) is -3.21. The van der Waals surface area contributed by atoms with Crippen molar-refractivity contribution >= 4 is 21.8 Å². The van der Waals surface area contributed by atoms with Crippen molar-refractivity contribution in [1.82, 2.24) is 14.7 Å². The minimum absolute atomic E-state index is 0.0155. The molecule has 0 fully saturated rings. The van der Waals surface area contributed by atoms with Gasteiger partial charge >= 0.3 is 0 Å². The van der Waals surface area contributed by atoms with Crippen LogP contribution in [-0.2, 0) is 10.0 Å².